The van der Waals surface area contributed by atoms with E-state index in [0.29, 0.717) is 0 Å². The summed E-state index contributed by atoms with van der Waals surface area (Å²) in [5.74, 6) is 0. The topological polar surface area (TPSA) is 32.9 Å². The van der Waals surface area contributed by atoms with E-state index in [-0.39, 0.29) is 4.87 Å². The number of hydrogen-bond donors (Lipinski definition) is 1. The summed E-state index contributed by atoms with van der Waals surface area (Å²) < 4.78 is 0. The Morgan fingerprint density at radius 3 is 2.29 bits per heavy atom. The lowest BCUT2D eigenvalue weighted by molar-refractivity contribution is 1.31. The first kappa shape index (κ1) is 9.21. The lowest BCUT2D eigenvalue weighted by Crippen LogP contribution is -1.92. The third-order valence-electron chi connectivity index (χ3n) is 2.17. The summed E-state index contributed by atoms with van der Waals surface area (Å²) in [6, 6.07) is 8.15. The molecule has 72 valence electrons. The van der Waals surface area contributed by atoms with Crippen LogP contribution in [0.15, 0.2) is 29.1 Å². The Hall–Kier alpha value is -1.35. The smallest absolute Gasteiger partial charge is 0.305 e. The van der Waals surface area contributed by atoms with Crippen LogP contribution in [0.1, 0.15) is 10.4 Å². The number of nitrogens with one attached hydrogen (secondary N) is 1. The average Bonchev–Trinajstić information content (AvgIpc) is 2.47. The quantitative estimate of drug-likeness (QED) is 0.763. The van der Waals surface area contributed by atoms with Gasteiger partial charge in [0.1, 0.15) is 0 Å². The van der Waals surface area contributed by atoms with Gasteiger partial charge in [0.2, 0.25) is 0 Å². The SMILES string of the molecule is Cc1ccc(-c2[nH]c(=O)sc2C)cc1. The predicted molar refractivity (Wildman–Crippen MR) is 59.8 cm³/mol. The minimum absolute atomic E-state index is 0.0121. The Balaban J connectivity index is 2.54. The van der Waals surface area contributed by atoms with Gasteiger partial charge in [0.25, 0.3) is 0 Å². The monoisotopic (exact) mass is 205 g/mol. The van der Waals surface area contributed by atoms with Crippen LogP contribution >= 0.6 is 11.3 Å². The molecule has 0 spiro atoms. The highest BCUT2D eigenvalue weighted by Crippen LogP contribution is 2.22. The Kier molecular flexibility index (Phi) is 2.25. The molecule has 0 aliphatic rings. The van der Waals surface area contributed by atoms with Crippen LogP contribution in [0.3, 0.4) is 0 Å². The van der Waals surface area contributed by atoms with Gasteiger partial charge < -0.3 is 4.98 Å². The molecule has 0 unspecified atom stereocenters. The van der Waals surface area contributed by atoms with Crippen LogP contribution in [0.2, 0.25) is 0 Å². The number of hydrogen-bond acceptors (Lipinski definition) is 2. The number of thiazole rings is 1. The third kappa shape index (κ3) is 1.63. The molecule has 0 fully saturated rings. The van der Waals surface area contributed by atoms with Crippen molar-refractivity contribution in [3.63, 3.8) is 0 Å². The van der Waals surface area contributed by atoms with Gasteiger partial charge in [-0.05, 0) is 19.4 Å². The number of rotatable bonds is 1. The van der Waals surface area contributed by atoms with Crippen molar-refractivity contribution in [2.45, 2.75) is 13.8 Å². The lowest BCUT2D eigenvalue weighted by atomic mass is 10.1. The summed E-state index contributed by atoms with van der Waals surface area (Å²) in [4.78, 5) is 15.0. The molecule has 2 aromatic rings. The van der Waals surface area contributed by atoms with Crippen LogP contribution in [0.5, 0.6) is 0 Å². The molecule has 0 aliphatic carbocycles. The van der Waals surface area contributed by atoms with Crippen LogP contribution in [0.25, 0.3) is 11.3 Å². The lowest BCUT2D eigenvalue weighted by Gasteiger charge is -1.99. The van der Waals surface area contributed by atoms with E-state index in [1.165, 1.54) is 16.9 Å². The molecule has 2 rings (SSSR count). The summed E-state index contributed by atoms with van der Waals surface area (Å²) in [5.41, 5.74) is 3.25. The molecule has 1 aromatic carbocycles. The maximum Gasteiger partial charge on any atom is 0.305 e. The minimum Gasteiger partial charge on any atom is -0.312 e. The number of aromatic nitrogens is 1. The van der Waals surface area contributed by atoms with Gasteiger partial charge in [0.05, 0.1) is 5.69 Å². The highest BCUT2D eigenvalue weighted by molar-refractivity contribution is 7.09. The zero-order chi connectivity index (χ0) is 10.1. The van der Waals surface area contributed by atoms with E-state index < -0.39 is 0 Å². The van der Waals surface area contributed by atoms with Gasteiger partial charge in [-0.3, -0.25) is 4.79 Å². The van der Waals surface area contributed by atoms with Crippen molar-refractivity contribution in [1.29, 1.82) is 0 Å². The Labute approximate surface area is 86.2 Å². The van der Waals surface area contributed by atoms with E-state index in [9.17, 15) is 4.79 Å². The molecule has 0 saturated carbocycles. The molecule has 1 N–H and O–H groups in total. The molecule has 0 bridgehead atoms. The van der Waals surface area contributed by atoms with Gasteiger partial charge in [0, 0.05) is 4.88 Å². The van der Waals surface area contributed by atoms with E-state index in [1.807, 2.05) is 38.1 Å². The second-order valence-electron chi connectivity index (χ2n) is 3.31. The molecule has 0 radical (unpaired) electrons. The van der Waals surface area contributed by atoms with Crippen molar-refractivity contribution < 1.29 is 0 Å². The predicted octanol–water partition coefficient (Wildman–Crippen LogP) is 2.72. The standard InChI is InChI=1S/C11H11NOS/c1-7-3-5-9(6-4-7)10-8(2)14-11(13)12-10/h3-6H,1-2H3,(H,12,13). The number of aryl methyl sites for hydroxylation is 2. The van der Waals surface area contributed by atoms with Crippen molar-refractivity contribution in [3.8, 4) is 11.3 Å². The molecule has 0 saturated heterocycles. The molecule has 3 heteroatoms. The maximum atomic E-state index is 11.1. The second-order valence-corrected chi connectivity index (χ2v) is 4.50. The summed E-state index contributed by atoms with van der Waals surface area (Å²) in [6.45, 7) is 4.00. The normalized spacial score (nSPS) is 10.4. The van der Waals surface area contributed by atoms with Crippen molar-refractivity contribution in [1.82, 2.24) is 4.98 Å². The number of benzene rings is 1. The fraction of sp³-hybridized carbons (Fsp3) is 0.182. The van der Waals surface area contributed by atoms with Gasteiger partial charge in [-0.15, -0.1) is 0 Å². The fourth-order valence-corrected chi connectivity index (χ4v) is 2.10. The van der Waals surface area contributed by atoms with Crippen LogP contribution in [0, 0.1) is 13.8 Å². The molecule has 14 heavy (non-hydrogen) atoms. The fourth-order valence-electron chi connectivity index (χ4n) is 1.40. The molecule has 1 aromatic heterocycles. The minimum atomic E-state index is 0.0121. The van der Waals surface area contributed by atoms with E-state index in [2.05, 4.69) is 4.98 Å². The Morgan fingerprint density at radius 1 is 1.14 bits per heavy atom. The molecule has 0 amide bonds. The van der Waals surface area contributed by atoms with E-state index in [4.69, 9.17) is 0 Å². The van der Waals surface area contributed by atoms with Gasteiger partial charge in [-0.1, -0.05) is 41.2 Å². The Morgan fingerprint density at radius 2 is 1.79 bits per heavy atom. The van der Waals surface area contributed by atoms with Gasteiger partial charge >= 0.3 is 4.87 Å². The largest absolute Gasteiger partial charge is 0.312 e. The molecule has 2 nitrogen and oxygen atoms in total. The molecule has 0 aliphatic heterocycles. The maximum absolute atomic E-state index is 11.1. The third-order valence-corrected chi connectivity index (χ3v) is 2.96. The zero-order valence-corrected chi connectivity index (χ0v) is 8.94. The van der Waals surface area contributed by atoms with Gasteiger partial charge in [-0.2, -0.15) is 0 Å². The van der Waals surface area contributed by atoms with Crippen molar-refractivity contribution in [3.05, 3.63) is 44.4 Å². The van der Waals surface area contributed by atoms with Crippen LogP contribution in [0.4, 0.5) is 0 Å². The molecule has 1 heterocycles. The summed E-state index contributed by atoms with van der Waals surface area (Å²) in [5, 5.41) is 0. The molecule has 0 atom stereocenters. The highest BCUT2D eigenvalue weighted by Gasteiger charge is 2.05. The first-order valence-corrected chi connectivity index (χ1v) is 5.25. The van der Waals surface area contributed by atoms with Gasteiger partial charge in [0.15, 0.2) is 0 Å². The van der Waals surface area contributed by atoms with Crippen LogP contribution < -0.4 is 4.87 Å². The molecular weight excluding hydrogens is 194 g/mol. The summed E-state index contributed by atoms with van der Waals surface area (Å²) >= 11 is 1.26. The van der Waals surface area contributed by atoms with Crippen molar-refractivity contribution in [2.24, 2.45) is 0 Å². The number of aromatic amines is 1. The second kappa shape index (κ2) is 3.42. The van der Waals surface area contributed by atoms with Crippen molar-refractivity contribution >= 4 is 11.3 Å². The Bertz CT molecular complexity index is 493. The first-order valence-electron chi connectivity index (χ1n) is 4.43. The summed E-state index contributed by atoms with van der Waals surface area (Å²) in [6.07, 6.45) is 0. The average molecular weight is 205 g/mol. The van der Waals surface area contributed by atoms with Gasteiger partial charge in [-0.25, -0.2) is 0 Å². The molecular formula is C11H11NOS. The summed E-state index contributed by atoms with van der Waals surface area (Å²) in [7, 11) is 0. The van der Waals surface area contributed by atoms with E-state index in [1.54, 1.807) is 0 Å². The number of H-pyrrole nitrogens is 1. The highest BCUT2D eigenvalue weighted by atomic mass is 32.1. The van der Waals surface area contributed by atoms with E-state index >= 15 is 0 Å². The van der Waals surface area contributed by atoms with Crippen LogP contribution in [-0.4, -0.2) is 4.98 Å². The zero-order valence-electron chi connectivity index (χ0n) is 8.13. The van der Waals surface area contributed by atoms with Crippen LogP contribution in [-0.2, 0) is 0 Å². The van der Waals surface area contributed by atoms with Crippen molar-refractivity contribution in [2.75, 3.05) is 0 Å². The first-order chi connectivity index (χ1) is 6.66. The van der Waals surface area contributed by atoms with E-state index in [0.717, 1.165) is 16.1 Å².